The molecule has 4 rings (SSSR count). The molecule has 188 valence electrons. The number of carbonyl (C=O) groups excluding carboxylic acids is 3. The number of aromatic nitrogens is 2. The second-order valence-corrected chi connectivity index (χ2v) is 9.15. The standard InChI is InChI=1S/C27H31N5O4/c1-18-9-11-20(12-10-18)26(27(35)29-21-6-3-4-7-21)32(22-8-5-15-28-17-22)25(34)14-13-24(33)30-23-16-19(2)36-31-23/h5,8-12,15-17,21,26H,3-4,6-7,13-14H2,1-2H3,(H,29,35)(H,30,31,33)/t26-/m1/s1. The van der Waals surface area contributed by atoms with Crippen molar-refractivity contribution in [3.63, 3.8) is 0 Å². The largest absolute Gasteiger partial charge is 0.360 e. The Balaban J connectivity index is 1.59. The van der Waals surface area contributed by atoms with Gasteiger partial charge in [0.2, 0.25) is 17.7 Å². The summed E-state index contributed by atoms with van der Waals surface area (Å²) in [6.45, 7) is 3.69. The van der Waals surface area contributed by atoms with Crippen LogP contribution in [-0.4, -0.2) is 33.9 Å². The first kappa shape index (κ1) is 25.1. The summed E-state index contributed by atoms with van der Waals surface area (Å²) >= 11 is 0. The molecular formula is C27H31N5O4. The lowest BCUT2D eigenvalue weighted by Crippen LogP contribution is -2.46. The van der Waals surface area contributed by atoms with E-state index >= 15 is 0 Å². The minimum absolute atomic E-state index is 0.0770. The van der Waals surface area contributed by atoms with E-state index in [0.29, 0.717) is 22.8 Å². The van der Waals surface area contributed by atoms with Crippen LogP contribution in [-0.2, 0) is 14.4 Å². The van der Waals surface area contributed by atoms with Crippen LogP contribution in [0.2, 0.25) is 0 Å². The Hall–Kier alpha value is -4.01. The van der Waals surface area contributed by atoms with Crippen LogP contribution in [0.15, 0.2) is 59.4 Å². The van der Waals surface area contributed by atoms with E-state index in [-0.39, 0.29) is 36.6 Å². The fraction of sp³-hybridized carbons (Fsp3) is 0.370. The van der Waals surface area contributed by atoms with E-state index in [0.717, 1.165) is 31.2 Å². The van der Waals surface area contributed by atoms with Crippen molar-refractivity contribution >= 4 is 29.2 Å². The van der Waals surface area contributed by atoms with E-state index in [1.807, 2.05) is 31.2 Å². The molecule has 0 unspecified atom stereocenters. The number of amides is 3. The van der Waals surface area contributed by atoms with Gasteiger partial charge in [-0.05, 0) is 44.4 Å². The lowest BCUT2D eigenvalue weighted by molar-refractivity contribution is -0.127. The molecule has 0 aliphatic heterocycles. The number of benzene rings is 1. The average Bonchev–Trinajstić information content (AvgIpc) is 3.53. The van der Waals surface area contributed by atoms with Gasteiger partial charge in [-0.1, -0.05) is 47.8 Å². The number of hydrogen-bond acceptors (Lipinski definition) is 6. The van der Waals surface area contributed by atoms with Crippen molar-refractivity contribution in [3.05, 3.63) is 71.7 Å². The minimum atomic E-state index is -0.899. The molecule has 9 nitrogen and oxygen atoms in total. The average molecular weight is 490 g/mol. The van der Waals surface area contributed by atoms with Crippen molar-refractivity contribution in [2.45, 2.75) is 64.5 Å². The first-order valence-corrected chi connectivity index (χ1v) is 12.2. The Morgan fingerprint density at radius 3 is 2.47 bits per heavy atom. The van der Waals surface area contributed by atoms with E-state index in [2.05, 4.69) is 20.8 Å². The smallest absolute Gasteiger partial charge is 0.248 e. The summed E-state index contributed by atoms with van der Waals surface area (Å²) in [5, 5.41) is 9.52. The second kappa shape index (κ2) is 11.6. The molecule has 9 heteroatoms. The maximum absolute atomic E-state index is 13.7. The maximum atomic E-state index is 13.7. The van der Waals surface area contributed by atoms with Crippen LogP contribution in [0.25, 0.3) is 0 Å². The van der Waals surface area contributed by atoms with E-state index in [1.165, 1.54) is 4.90 Å². The van der Waals surface area contributed by atoms with Gasteiger partial charge in [-0.3, -0.25) is 24.3 Å². The van der Waals surface area contributed by atoms with Crippen molar-refractivity contribution < 1.29 is 18.9 Å². The van der Waals surface area contributed by atoms with Gasteiger partial charge >= 0.3 is 0 Å². The maximum Gasteiger partial charge on any atom is 0.248 e. The number of carbonyl (C=O) groups is 3. The molecule has 2 N–H and O–H groups in total. The number of rotatable bonds is 9. The van der Waals surface area contributed by atoms with Crippen LogP contribution < -0.4 is 15.5 Å². The molecule has 3 amide bonds. The molecule has 3 aromatic rings. The number of hydrogen-bond donors (Lipinski definition) is 2. The Bertz CT molecular complexity index is 1190. The zero-order valence-corrected chi connectivity index (χ0v) is 20.6. The summed E-state index contributed by atoms with van der Waals surface area (Å²) in [6, 6.07) is 11.8. The third-order valence-corrected chi connectivity index (χ3v) is 6.26. The van der Waals surface area contributed by atoms with Crippen LogP contribution in [0, 0.1) is 13.8 Å². The van der Waals surface area contributed by atoms with Crippen LogP contribution in [0.5, 0.6) is 0 Å². The van der Waals surface area contributed by atoms with Gasteiger partial charge in [0.25, 0.3) is 0 Å². The molecule has 1 aliphatic carbocycles. The SMILES string of the molecule is Cc1ccc([C@H](C(=O)NC2CCCC2)N(C(=O)CCC(=O)Nc2cc(C)on2)c2cccnc2)cc1. The number of pyridine rings is 1. The molecule has 0 bridgehead atoms. The van der Waals surface area contributed by atoms with Crippen LogP contribution in [0.1, 0.15) is 61.5 Å². The highest BCUT2D eigenvalue weighted by molar-refractivity contribution is 6.03. The highest BCUT2D eigenvalue weighted by Gasteiger charge is 2.34. The van der Waals surface area contributed by atoms with E-state index < -0.39 is 6.04 Å². The first-order valence-electron chi connectivity index (χ1n) is 12.2. The van der Waals surface area contributed by atoms with E-state index in [1.54, 1.807) is 37.5 Å². The molecule has 0 spiro atoms. The fourth-order valence-corrected chi connectivity index (χ4v) is 4.42. The summed E-state index contributed by atoms with van der Waals surface area (Å²) < 4.78 is 4.97. The summed E-state index contributed by atoms with van der Waals surface area (Å²) in [4.78, 5) is 45.4. The summed E-state index contributed by atoms with van der Waals surface area (Å²) in [5.41, 5.74) is 2.23. The Labute approximate surface area is 210 Å². The highest BCUT2D eigenvalue weighted by Crippen LogP contribution is 2.30. The molecule has 1 aromatic carbocycles. The third-order valence-electron chi connectivity index (χ3n) is 6.26. The third kappa shape index (κ3) is 6.35. The normalized spacial score (nSPS) is 14.3. The molecule has 1 aliphatic rings. The van der Waals surface area contributed by atoms with Gasteiger partial charge in [0.15, 0.2) is 5.82 Å². The predicted octanol–water partition coefficient (Wildman–Crippen LogP) is 4.24. The van der Waals surface area contributed by atoms with Crippen molar-refractivity contribution in [2.75, 3.05) is 10.2 Å². The topological polar surface area (TPSA) is 117 Å². The molecule has 0 saturated heterocycles. The molecule has 0 radical (unpaired) electrons. The Kier molecular flexibility index (Phi) is 8.10. The van der Waals surface area contributed by atoms with Crippen molar-refractivity contribution in [1.29, 1.82) is 0 Å². The van der Waals surface area contributed by atoms with Gasteiger partial charge in [-0.2, -0.15) is 0 Å². The molecular weight excluding hydrogens is 458 g/mol. The van der Waals surface area contributed by atoms with Crippen molar-refractivity contribution in [2.24, 2.45) is 0 Å². The number of anilines is 2. The van der Waals surface area contributed by atoms with Gasteiger partial charge in [-0.25, -0.2) is 0 Å². The Morgan fingerprint density at radius 1 is 1.08 bits per heavy atom. The molecule has 36 heavy (non-hydrogen) atoms. The van der Waals surface area contributed by atoms with Gasteiger partial charge in [-0.15, -0.1) is 0 Å². The molecule has 2 aromatic heterocycles. The van der Waals surface area contributed by atoms with Crippen LogP contribution >= 0.6 is 0 Å². The second-order valence-electron chi connectivity index (χ2n) is 9.15. The van der Waals surface area contributed by atoms with Gasteiger partial charge in [0.05, 0.1) is 11.9 Å². The zero-order valence-electron chi connectivity index (χ0n) is 20.6. The molecule has 1 saturated carbocycles. The highest BCUT2D eigenvalue weighted by atomic mass is 16.5. The molecule has 2 heterocycles. The summed E-state index contributed by atoms with van der Waals surface area (Å²) in [5.74, 6) is -0.113. The predicted molar refractivity (Wildman–Crippen MR) is 135 cm³/mol. The number of nitrogens with one attached hydrogen (secondary N) is 2. The minimum Gasteiger partial charge on any atom is -0.360 e. The molecule has 1 fully saturated rings. The van der Waals surface area contributed by atoms with Gasteiger partial charge < -0.3 is 15.2 Å². The van der Waals surface area contributed by atoms with Crippen LogP contribution in [0.4, 0.5) is 11.5 Å². The number of nitrogens with zero attached hydrogens (tertiary/aromatic N) is 3. The lowest BCUT2D eigenvalue weighted by Gasteiger charge is -2.32. The first-order chi connectivity index (χ1) is 17.4. The summed E-state index contributed by atoms with van der Waals surface area (Å²) in [7, 11) is 0. The summed E-state index contributed by atoms with van der Waals surface area (Å²) in [6.07, 6.45) is 6.99. The zero-order chi connectivity index (χ0) is 25.5. The van der Waals surface area contributed by atoms with E-state index in [9.17, 15) is 14.4 Å². The van der Waals surface area contributed by atoms with Crippen molar-refractivity contribution in [1.82, 2.24) is 15.5 Å². The van der Waals surface area contributed by atoms with E-state index in [4.69, 9.17) is 4.52 Å². The quantitative estimate of drug-likeness (QED) is 0.464. The lowest BCUT2D eigenvalue weighted by atomic mass is 10.0. The number of aryl methyl sites for hydroxylation is 2. The Morgan fingerprint density at radius 2 is 1.83 bits per heavy atom. The monoisotopic (exact) mass is 489 g/mol. The van der Waals surface area contributed by atoms with Gasteiger partial charge in [0, 0.05) is 31.1 Å². The molecule has 1 atom stereocenters. The van der Waals surface area contributed by atoms with Crippen LogP contribution in [0.3, 0.4) is 0 Å². The fourth-order valence-electron chi connectivity index (χ4n) is 4.42. The van der Waals surface area contributed by atoms with Gasteiger partial charge in [0.1, 0.15) is 11.8 Å². The van der Waals surface area contributed by atoms with Crippen molar-refractivity contribution in [3.8, 4) is 0 Å².